The number of hydrogen-bond donors (Lipinski definition) is 0. The van der Waals surface area contributed by atoms with Crippen molar-refractivity contribution in [3.8, 4) is 0 Å². The van der Waals surface area contributed by atoms with Gasteiger partial charge < -0.3 is 14.2 Å². The van der Waals surface area contributed by atoms with Crippen LogP contribution in [0.4, 0.5) is 0 Å². The summed E-state index contributed by atoms with van der Waals surface area (Å²) in [5.41, 5.74) is 4.70. The Labute approximate surface area is 197 Å². The second-order valence-corrected chi connectivity index (χ2v) is 16.1. The fourth-order valence-corrected chi connectivity index (χ4v) is 6.17. The molecule has 1 saturated heterocycles. The predicted octanol–water partition coefficient (Wildman–Crippen LogP) is 6.15. The van der Waals surface area contributed by atoms with Gasteiger partial charge in [-0.2, -0.15) is 0 Å². The van der Waals surface area contributed by atoms with Crippen molar-refractivity contribution in [2.24, 2.45) is 0 Å². The van der Waals surface area contributed by atoms with Crippen molar-refractivity contribution in [2.75, 3.05) is 33.2 Å². The minimum Gasteiger partial charge on any atom is -0.410 e. The van der Waals surface area contributed by atoms with Crippen LogP contribution in [0.2, 0.25) is 18.1 Å². The van der Waals surface area contributed by atoms with Gasteiger partial charge in [-0.3, -0.25) is 4.79 Å². The number of nitrogens with zero attached hydrogens (tertiary/aromatic N) is 2. The molecule has 5 heteroatoms. The molecule has 0 spiro atoms. The average molecular weight is 457 g/mol. The Morgan fingerprint density at radius 3 is 2.50 bits per heavy atom. The molecule has 1 aliphatic carbocycles. The minimum absolute atomic E-state index is 0.0904. The van der Waals surface area contributed by atoms with E-state index in [2.05, 4.69) is 71.4 Å². The van der Waals surface area contributed by atoms with E-state index in [1.807, 2.05) is 11.0 Å². The smallest absolute Gasteiger partial charge is 0.254 e. The first-order valence-corrected chi connectivity index (χ1v) is 15.3. The van der Waals surface area contributed by atoms with Gasteiger partial charge in [0.25, 0.3) is 5.91 Å². The lowest BCUT2D eigenvalue weighted by molar-refractivity contribution is 0.0658. The Bertz CT molecular complexity index is 835. The molecule has 4 nitrogen and oxygen atoms in total. The Morgan fingerprint density at radius 2 is 1.91 bits per heavy atom. The van der Waals surface area contributed by atoms with Gasteiger partial charge in [-0.15, -0.1) is 6.58 Å². The molecule has 1 aromatic rings. The van der Waals surface area contributed by atoms with E-state index >= 15 is 0 Å². The number of fused-ring (bicyclic) bond motifs is 1. The molecule has 0 unspecified atom stereocenters. The molecule has 1 aliphatic heterocycles. The molecular formula is C27H44N2O2Si. The van der Waals surface area contributed by atoms with Gasteiger partial charge in [-0.05, 0) is 86.5 Å². The third-order valence-electron chi connectivity index (χ3n) is 7.94. The molecule has 2 atom stereocenters. The van der Waals surface area contributed by atoms with Crippen LogP contribution < -0.4 is 0 Å². The number of likely N-dealkylation sites (N-methyl/N-ethyl adjacent to an activating group) is 1. The van der Waals surface area contributed by atoms with Crippen molar-refractivity contribution in [1.82, 2.24) is 9.80 Å². The number of benzene rings is 1. The van der Waals surface area contributed by atoms with Crippen LogP contribution in [-0.2, 0) is 10.8 Å². The predicted molar refractivity (Wildman–Crippen MR) is 137 cm³/mol. The van der Waals surface area contributed by atoms with Crippen molar-refractivity contribution in [1.29, 1.82) is 0 Å². The summed E-state index contributed by atoms with van der Waals surface area (Å²) in [5.74, 6) is 0.644. The molecule has 0 radical (unpaired) electrons. The van der Waals surface area contributed by atoms with Crippen molar-refractivity contribution < 1.29 is 9.22 Å². The highest BCUT2D eigenvalue weighted by Gasteiger charge is 2.39. The SMILES string of the molecule is C=CC[C@@H]1CCCc2cc([C@@H](C)O[Si](C)(C)C(C)(C)C)c(C(=O)N3CCN(C)CC3)cc21. The van der Waals surface area contributed by atoms with Gasteiger partial charge in [0.1, 0.15) is 0 Å². The number of rotatable bonds is 6. The van der Waals surface area contributed by atoms with E-state index < -0.39 is 8.32 Å². The topological polar surface area (TPSA) is 32.8 Å². The van der Waals surface area contributed by atoms with Gasteiger partial charge >= 0.3 is 0 Å². The summed E-state index contributed by atoms with van der Waals surface area (Å²) in [6.45, 7) is 21.0. The second-order valence-electron chi connectivity index (χ2n) is 11.4. The second kappa shape index (κ2) is 9.82. The zero-order chi connectivity index (χ0) is 23.7. The number of amides is 1. The average Bonchev–Trinajstić information content (AvgIpc) is 2.72. The fraction of sp³-hybridized carbons (Fsp3) is 0.667. The number of carbonyl (C=O) groups excluding carboxylic acids is 1. The Morgan fingerprint density at radius 1 is 1.25 bits per heavy atom. The van der Waals surface area contributed by atoms with Gasteiger partial charge in [-0.1, -0.05) is 32.9 Å². The zero-order valence-corrected chi connectivity index (χ0v) is 22.5. The van der Waals surface area contributed by atoms with Crippen molar-refractivity contribution in [3.05, 3.63) is 47.0 Å². The molecule has 3 rings (SSSR count). The number of aryl methyl sites for hydroxylation is 1. The molecule has 32 heavy (non-hydrogen) atoms. The number of carbonyl (C=O) groups is 1. The summed E-state index contributed by atoms with van der Waals surface area (Å²) in [4.78, 5) is 18.1. The summed E-state index contributed by atoms with van der Waals surface area (Å²) in [5, 5.41) is 0.131. The summed E-state index contributed by atoms with van der Waals surface area (Å²) in [6, 6.07) is 4.54. The lowest BCUT2D eigenvalue weighted by atomic mass is 9.78. The zero-order valence-electron chi connectivity index (χ0n) is 21.5. The van der Waals surface area contributed by atoms with Gasteiger partial charge in [0.15, 0.2) is 8.32 Å². The van der Waals surface area contributed by atoms with Crippen LogP contribution in [0.5, 0.6) is 0 Å². The van der Waals surface area contributed by atoms with Gasteiger partial charge in [-0.25, -0.2) is 0 Å². The van der Waals surface area contributed by atoms with Crippen molar-refractivity contribution in [2.45, 2.75) is 83.5 Å². The summed E-state index contributed by atoms with van der Waals surface area (Å²) >= 11 is 0. The van der Waals surface area contributed by atoms with Crippen LogP contribution in [-0.4, -0.2) is 57.3 Å². The molecule has 0 saturated carbocycles. The van der Waals surface area contributed by atoms with Crippen LogP contribution in [0.15, 0.2) is 24.8 Å². The summed E-state index contributed by atoms with van der Waals surface area (Å²) in [7, 11) is 0.163. The highest BCUT2D eigenvalue weighted by Crippen LogP contribution is 2.42. The van der Waals surface area contributed by atoms with E-state index in [4.69, 9.17) is 4.43 Å². The molecule has 0 bridgehead atoms. The van der Waals surface area contributed by atoms with Crippen LogP contribution in [0.3, 0.4) is 0 Å². The first-order chi connectivity index (χ1) is 14.9. The molecule has 1 amide bonds. The third kappa shape index (κ3) is 5.37. The Kier molecular flexibility index (Phi) is 7.73. The van der Waals surface area contributed by atoms with Gasteiger partial charge in [0.2, 0.25) is 0 Å². The third-order valence-corrected chi connectivity index (χ3v) is 12.5. The van der Waals surface area contributed by atoms with Crippen molar-refractivity contribution in [3.63, 3.8) is 0 Å². The van der Waals surface area contributed by atoms with Crippen LogP contribution in [0, 0.1) is 0 Å². The largest absolute Gasteiger partial charge is 0.410 e. The Hall–Kier alpha value is -1.43. The van der Waals surface area contributed by atoms with Gasteiger partial charge in [0.05, 0.1) is 6.10 Å². The van der Waals surface area contributed by atoms with Gasteiger partial charge in [0, 0.05) is 31.7 Å². The molecule has 0 N–H and O–H groups in total. The van der Waals surface area contributed by atoms with Crippen molar-refractivity contribution >= 4 is 14.2 Å². The monoisotopic (exact) mass is 456 g/mol. The summed E-state index contributed by atoms with van der Waals surface area (Å²) in [6.07, 6.45) is 6.38. The van der Waals surface area contributed by atoms with E-state index in [1.54, 1.807) is 0 Å². The van der Waals surface area contributed by atoms with E-state index in [0.29, 0.717) is 5.92 Å². The maximum atomic E-state index is 13.8. The number of allylic oxidation sites excluding steroid dienone is 1. The first kappa shape index (κ1) is 25.2. The normalized spacial score (nSPS) is 21.2. The standard InChI is InChI=1S/C27H44N2O2Si/c1-9-11-21-12-10-13-22-18-23(20(2)31-32(7,8)27(3,4)5)25(19-24(21)22)26(30)29-16-14-28(6)15-17-29/h9,18-21H,1,10-17H2,2-8H3/t20-,21-/m1/s1. The van der Waals surface area contributed by atoms with Crippen LogP contribution >= 0.6 is 0 Å². The Balaban J connectivity index is 2.02. The van der Waals surface area contributed by atoms with Crippen LogP contribution in [0.1, 0.15) is 86.0 Å². The molecule has 178 valence electrons. The maximum absolute atomic E-state index is 13.8. The molecule has 2 aliphatic rings. The lowest BCUT2D eigenvalue weighted by Gasteiger charge is -2.39. The van der Waals surface area contributed by atoms with E-state index in [-0.39, 0.29) is 17.0 Å². The fourth-order valence-electron chi connectivity index (χ4n) is 4.80. The number of hydrogen-bond acceptors (Lipinski definition) is 3. The number of piperazine rings is 1. The van der Waals surface area contributed by atoms with E-state index in [9.17, 15) is 4.79 Å². The van der Waals surface area contributed by atoms with E-state index in [0.717, 1.165) is 50.1 Å². The molecular weight excluding hydrogens is 412 g/mol. The highest BCUT2D eigenvalue weighted by atomic mass is 28.4. The first-order valence-electron chi connectivity index (χ1n) is 12.4. The minimum atomic E-state index is -1.96. The quantitative estimate of drug-likeness (QED) is 0.380. The molecule has 1 heterocycles. The highest BCUT2D eigenvalue weighted by molar-refractivity contribution is 6.74. The molecule has 0 aromatic heterocycles. The maximum Gasteiger partial charge on any atom is 0.254 e. The lowest BCUT2D eigenvalue weighted by Crippen LogP contribution is -2.47. The van der Waals surface area contributed by atoms with E-state index in [1.165, 1.54) is 24.0 Å². The summed E-state index contributed by atoms with van der Waals surface area (Å²) < 4.78 is 6.79. The molecule has 1 fully saturated rings. The molecule has 1 aromatic carbocycles. The van der Waals surface area contributed by atoms with Crippen LogP contribution in [0.25, 0.3) is 0 Å².